The Morgan fingerprint density at radius 2 is 1.89 bits per heavy atom. The van der Waals surface area contributed by atoms with Gasteiger partial charge in [-0.2, -0.15) is 0 Å². The molecule has 0 bridgehead atoms. The Balaban J connectivity index is 1.94. The SMILES string of the molecule is CCN1C(=O)/C(=C\c2cc(C)n(C(C)C)c2C)SC1=Nc1ccc(OC)cc1. The molecular weight excluding hydrogens is 370 g/mol. The van der Waals surface area contributed by atoms with Gasteiger partial charge < -0.3 is 9.30 Å². The number of carbonyl (C=O) groups excluding carboxylic acids is 1. The van der Waals surface area contributed by atoms with E-state index in [1.165, 1.54) is 23.1 Å². The molecule has 0 atom stereocenters. The number of likely N-dealkylation sites (N-methyl/N-ethyl adjacent to an activating group) is 1. The fraction of sp³-hybridized carbons (Fsp3) is 0.364. The number of rotatable bonds is 5. The number of ether oxygens (including phenoxy) is 1. The molecule has 1 aliphatic heterocycles. The predicted molar refractivity (Wildman–Crippen MR) is 117 cm³/mol. The molecule has 5 nitrogen and oxygen atoms in total. The molecule has 1 aromatic heterocycles. The van der Waals surface area contributed by atoms with Crippen LogP contribution in [-0.2, 0) is 4.79 Å². The van der Waals surface area contributed by atoms with Gasteiger partial charge in [0.05, 0.1) is 17.7 Å². The van der Waals surface area contributed by atoms with E-state index in [0.717, 1.165) is 17.0 Å². The van der Waals surface area contributed by atoms with Gasteiger partial charge in [-0.1, -0.05) is 0 Å². The number of nitrogens with zero attached hydrogens (tertiary/aromatic N) is 3. The van der Waals surface area contributed by atoms with Crippen molar-refractivity contribution in [2.75, 3.05) is 13.7 Å². The Morgan fingerprint density at radius 1 is 1.21 bits per heavy atom. The minimum Gasteiger partial charge on any atom is -0.497 e. The first-order valence-corrected chi connectivity index (χ1v) is 10.3. The minimum atomic E-state index is 0.00844. The van der Waals surface area contributed by atoms with Crippen LogP contribution in [-0.4, -0.2) is 34.2 Å². The number of amidine groups is 1. The van der Waals surface area contributed by atoms with Crippen LogP contribution in [0.1, 0.15) is 43.8 Å². The Labute approximate surface area is 171 Å². The standard InChI is InChI=1S/C22H27N3O2S/c1-7-24-21(26)20(13-17-12-15(4)25(14(2)3)16(17)5)28-22(24)23-18-8-10-19(27-6)11-9-18/h8-14H,7H2,1-6H3/b20-13+,23-22?. The van der Waals surface area contributed by atoms with E-state index >= 15 is 0 Å². The lowest BCUT2D eigenvalue weighted by atomic mass is 10.2. The number of benzene rings is 1. The summed E-state index contributed by atoms with van der Waals surface area (Å²) >= 11 is 1.43. The molecular formula is C22H27N3O2S. The van der Waals surface area contributed by atoms with Gasteiger partial charge in [0.2, 0.25) is 0 Å². The maximum Gasteiger partial charge on any atom is 0.266 e. The number of carbonyl (C=O) groups is 1. The molecule has 28 heavy (non-hydrogen) atoms. The number of aryl methyl sites for hydroxylation is 1. The Kier molecular flexibility index (Phi) is 5.98. The number of aromatic nitrogens is 1. The van der Waals surface area contributed by atoms with Crippen molar-refractivity contribution in [3.8, 4) is 5.75 Å². The van der Waals surface area contributed by atoms with E-state index in [9.17, 15) is 4.79 Å². The number of thioether (sulfide) groups is 1. The molecule has 0 radical (unpaired) electrons. The zero-order valence-corrected chi connectivity index (χ0v) is 18.1. The quantitative estimate of drug-likeness (QED) is 0.642. The molecule has 0 saturated carbocycles. The van der Waals surface area contributed by atoms with E-state index in [1.807, 2.05) is 37.3 Å². The maximum absolute atomic E-state index is 12.9. The molecule has 3 rings (SSSR count). The van der Waals surface area contributed by atoms with Crippen molar-refractivity contribution in [3.63, 3.8) is 0 Å². The summed E-state index contributed by atoms with van der Waals surface area (Å²) in [5.74, 6) is 0.793. The molecule has 2 aromatic rings. The number of amides is 1. The highest BCUT2D eigenvalue weighted by atomic mass is 32.2. The van der Waals surface area contributed by atoms with Crippen LogP contribution in [0.25, 0.3) is 6.08 Å². The molecule has 1 amide bonds. The molecule has 2 heterocycles. The Morgan fingerprint density at radius 3 is 2.43 bits per heavy atom. The van der Waals surface area contributed by atoms with E-state index in [1.54, 1.807) is 12.0 Å². The topological polar surface area (TPSA) is 46.8 Å². The summed E-state index contributed by atoms with van der Waals surface area (Å²) in [6, 6.07) is 10.1. The van der Waals surface area contributed by atoms with Crippen LogP contribution < -0.4 is 4.74 Å². The summed E-state index contributed by atoms with van der Waals surface area (Å²) in [5, 5.41) is 0.710. The van der Waals surface area contributed by atoms with E-state index in [4.69, 9.17) is 4.74 Å². The van der Waals surface area contributed by atoms with Gasteiger partial charge in [0.15, 0.2) is 5.17 Å². The Hall–Kier alpha value is -2.47. The van der Waals surface area contributed by atoms with Crippen LogP contribution in [0.15, 0.2) is 40.2 Å². The largest absolute Gasteiger partial charge is 0.497 e. The lowest BCUT2D eigenvalue weighted by Gasteiger charge is -2.13. The summed E-state index contributed by atoms with van der Waals surface area (Å²) < 4.78 is 7.48. The number of aliphatic imine (C=N–C) groups is 1. The van der Waals surface area contributed by atoms with E-state index in [-0.39, 0.29) is 5.91 Å². The molecule has 1 aliphatic rings. The highest BCUT2D eigenvalue weighted by Gasteiger charge is 2.32. The third-order valence-electron chi connectivity index (χ3n) is 4.83. The molecule has 0 aliphatic carbocycles. The lowest BCUT2D eigenvalue weighted by Crippen LogP contribution is -2.28. The van der Waals surface area contributed by atoms with Gasteiger partial charge in [-0.3, -0.25) is 9.69 Å². The van der Waals surface area contributed by atoms with Crippen LogP contribution in [0.2, 0.25) is 0 Å². The first-order chi connectivity index (χ1) is 13.3. The summed E-state index contributed by atoms with van der Waals surface area (Å²) in [7, 11) is 1.64. The van der Waals surface area contributed by atoms with Gasteiger partial charge in [-0.25, -0.2) is 4.99 Å². The van der Waals surface area contributed by atoms with Crippen molar-refractivity contribution in [2.45, 2.75) is 40.7 Å². The maximum atomic E-state index is 12.9. The number of methoxy groups -OCH3 is 1. The van der Waals surface area contributed by atoms with E-state index in [0.29, 0.717) is 22.7 Å². The van der Waals surface area contributed by atoms with Gasteiger partial charge in [0.25, 0.3) is 5.91 Å². The summed E-state index contributed by atoms with van der Waals surface area (Å²) in [5.41, 5.74) is 4.27. The summed E-state index contributed by atoms with van der Waals surface area (Å²) in [4.78, 5) is 20.0. The van der Waals surface area contributed by atoms with Gasteiger partial charge in [0, 0.05) is 24.0 Å². The predicted octanol–water partition coefficient (Wildman–Crippen LogP) is 5.32. The van der Waals surface area contributed by atoms with Crippen molar-refractivity contribution >= 4 is 34.6 Å². The smallest absolute Gasteiger partial charge is 0.266 e. The van der Waals surface area contributed by atoms with Crippen LogP contribution in [0.5, 0.6) is 5.75 Å². The number of hydrogen-bond acceptors (Lipinski definition) is 4. The van der Waals surface area contributed by atoms with E-state index in [2.05, 4.69) is 43.3 Å². The van der Waals surface area contributed by atoms with Crippen molar-refractivity contribution in [2.24, 2.45) is 4.99 Å². The fourth-order valence-corrected chi connectivity index (χ4v) is 4.58. The molecule has 6 heteroatoms. The number of hydrogen-bond donors (Lipinski definition) is 0. The first kappa shape index (κ1) is 20.3. The molecule has 148 valence electrons. The second-order valence-corrected chi connectivity index (χ2v) is 8.05. The normalized spacial score (nSPS) is 17.4. The highest BCUT2D eigenvalue weighted by Crippen LogP contribution is 2.35. The zero-order chi connectivity index (χ0) is 20.4. The van der Waals surface area contributed by atoms with Gasteiger partial charge >= 0.3 is 0 Å². The third-order valence-corrected chi connectivity index (χ3v) is 5.83. The molecule has 0 spiro atoms. The van der Waals surface area contributed by atoms with Crippen molar-refractivity contribution in [3.05, 3.63) is 52.2 Å². The van der Waals surface area contributed by atoms with Gasteiger partial charge in [0.1, 0.15) is 5.75 Å². The second kappa shape index (κ2) is 8.27. The Bertz CT molecular complexity index is 939. The average Bonchev–Trinajstić information content (AvgIpc) is 3.11. The van der Waals surface area contributed by atoms with Crippen LogP contribution in [0.4, 0.5) is 5.69 Å². The molecule has 1 aromatic carbocycles. The monoisotopic (exact) mass is 397 g/mol. The molecule has 1 saturated heterocycles. The van der Waals surface area contributed by atoms with Gasteiger partial charge in [-0.05, 0) is 88.4 Å². The molecule has 0 unspecified atom stereocenters. The zero-order valence-electron chi connectivity index (χ0n) is 17.3. The fourth-order valence-electron chi connectivity index (χ4n) is 3.52. The van der Waals surface area contributed by atoms with Crippen LogP contribution >= 0.6 is 11.8 Å². The highest BCUT2D eigenvalue weighted by molar-refractivity contribution is 8.18. The van der Waals surface area contributed by atoms with Crippen molar-refractivity contribution in [1.82, 2.24) is 9.47 Å². The molecule has 0 N–H and O–H groups in total. The molecule has 1 fully saturated rings. The van der Waals surface area contributed by atoms with Crippen molar-refractivity contribution < 1.29 is 9.53 Å². The van der Waals surface area contributed by atoms with Crippen molar-refractivity contribution in [1.29, 1.82) is 0 Å². The minimum absolute atomic E-state index is 0.00844. The second-order valence-electron chi connectivity index (χ2n) is 7.04. The van der Waals surface area contributed by atoms with E-state index < -0.39 is 0 Å². The lowest BCUT2D eigenvalue weighted by molar-refractivity contribution is -0.122. The first-order valence-electron chi connectivity index (χ1n) is 9.48. The third kappa shape index (κ3) is 3.87. The van der Waals surface area contributed by atoms with Gasteiger partial charge in [-0.15, -0.1) is 0 Å². The average molecular weight is 398 g/mol. The van der Waals surface area contributed by atoms with Crippen LogP contribution in [0, 0.1) is 13.8 Å². The summed E-state index contributed by atoms with van der Waals surface area (Å²) in [6.07, 6.45) is 1.99. The summed E-state index contributed by atoms with van der Waals surface area (Å²) in [6.45, 7) is 11.1. The van der Waals surface area contributed by atoms with Crippen LogP contribution in [0.3, 0.4) is 0 Å².